The lowest BCUT2D eigenvalue weighted by molar-refractivity contribution is -0.121. The van der Waals surface area contributed by atoms with Crippen LogP contribution in [0.4, 0.5) is 5.82 Å². The highest BCUT2D eigenvalue weighted by Crippen LogP contribution is 2.24. The first-order valence-electron chi connectivity index (χ1n) is 6.67. The zero-order valence-electron chi connectivity index (χ0n) is 11.7. The van der Waals surface area contributed by atoms with E-state index < -0.39 is 0 Å². The Morgan fingerprint density at radius 1 is 1.35 bits per heavy atom. The van der Waals surface area contributed by atoms with Crippen LogP contribution in [0.5, 0.6) is 5.75 Å². The predicted molar refractivity (Wildman–Crippen MR) is 79.8 cm³/mol. The van der Waals surface area contributed by atoms with Crippen molar-refractivity contribution in [2.75, 3.05) is 11.9 Å². The van der Waals surface area contributed by atoms with Gasteiger partial charge in [-0.05, 0) is 37.4 Å². The molecule has 0 radical (unpaired) electrons. The minimum absolute atomic E-state index is 0.00980. The molecule has 0 aliphatic rings. The van der Waals surface area contributed by atoms with Gasteiger partial charge >= 0.3 is 0 Å². The molecule has 1 aromatic heterocycles. The lowest BCUT2D eigenvalue weighted by Gasteiger charge is -2.10. The molecule has 0 unspecified atom stereocenters. The first kappa shape index (κ1) is 14.1. The number of aromatic hydroxyl groups is 1. The normalized spacial score (nSPS) is 10.8. The van der Waals surface area contributed by atoms with E-state index in [0.29, 0.717) is 18.8 Å². The maximum atomic E-state index is 11.5. The van der Waals surface area contributed by atoms with Gasteiger partial charge in [0.1, 0.15) is 11.6 Å². The largest absolute Gasteiger partial charge is 0.508 e. The number of fused-ring (bicyclic) bond motifs is 1. The second kappa shape index (κ2) is 6.23. The summed E-state index contributed by atoms with van der Waals surface area (Å²) in [5, 5.41) is 17.4. The second-order valence-corrected chi connectivity index (χ2v) is 4.96. The number of pyridine rings is 1. The highest BCUT2D eigenvalue weighted by Gasteiger charge is 2.05. The zero-order valence-corrected chi connectivity index (χ0v) is 11.7. The van der Waals surface area contributed by atoms with Crippen LogP contribution in [0.25, 0.3) is 10.8 Å². The van der Waals surface area contributed by atoms with Gasteiger partial charge in [0.2, 0.25) is 5.91 Å². The number of aromatic nitrogens is 1. The van der Waals surface area contributed by atoms with Crippen LogP contribution >= 0.6 is 0 Å². The number of nitrogens with one attached hydrogen (secondary N) is 2. The second-order valence-electron chi connectivity index (χ2n) is 4.96. The average molecular weight is 273 g/mol. The number of phenols is 1. The number of anilines is 1. The molecule has 1 amide bonds. The van der Waals surface area contributed by atoms with Crippen LogP contribution in [0.15, 0.2) is 30.5 Å². The maximum absolute atomic E-state index is 11.5. The van der Waals surface area contributed by atoms with E-state index in [-0.39, 0.29) is 17.7 Å². The Morgan fingerprint density at radius 2 is 2.15 bits per heavy atom. The summed E-state index contributed by atoms with van der Waals surface area (Å²) in [5.41, 5.74) is 0. The molecule has 0 saturated heterocycles. The van der Waals surface area contributed by atoms with Crippen LogP contribution < -0.4 is 10.6 Å². The molecular formula is C15H19N3O2. The van der Waals surface area contributed by atoms with E-state index in [2.05, 4.69) is 15.6 Å². The minimum Gasteiger partial charge on any atom is -0.508 e. The Kier molecular flexibility index (Phi) is 4.40. The van der Waals surface area contributed by atoms with E-state index in [1.54, 1.807) is 18.3 Å². The minimum atomic E-state index is 0.00980. The van der Waals surface area contributed by atoms with Gasteiger partial charge in [0.25, 0.3) is 0 Å². The Hall–Kier alpha value is -2.30. The molecule has 0 bridgehead atoms. The lowest BCUT2D eigenvalue weighted by Crippen LogP contribution is -2.31. The smallest absolute Gasteiger partial charge is 0.221 e. The molecule has 2 aromatic rings. The molecular weight excluding hydrogens is 254 g/mol. The van der Waals surface area contributed by atoms with Crippen molar-refractivity contribution in [3.63, 3.8) is 0 Å². The number of benzene rings is 1. The van der Waals surface area contributed by atoms with Gasteiger partial charge in [0.05, 0.1) is 0 Å². The average Bonchev–Trinajstić information content (AvgIpc) is 2.38. The summed E-state index contributed by atoms with van der Waals surface area (Å²) in [4.78, 5) is 15.8. The molecule has 1 aromatic carbocycles. The number of hydrogen-bond acceptors (Lipinski definition) is 4. The Balaban J connectivity index is 2.03. The van der Waals surface area contributed by atoms with Gasteiger partial charge in [0, 0.05) is 30.6 Å². The summed E-state index contributed by atoms with van der Waals surface area (Å²) in [5.74, 6) is 0.887. The topological polar surface area (TPSA) is 74.2 Å². The quantitative estimate of drug-likeness (QED) is 0.781. The van der Waals surface area contributed by atoms with Crippen molar-refractivity contribution in [2.45, 2.75) is 26.3 Å². The number of phenolic OH excluding ortho intramolecular Hbond substituents is 1. The number of carbonyl (C=O) groups excluding carboxylic acids is 1. The van der Waals surface area contributed by atoms with Crippen LogP contribution in [0, 0.1) is 0 Å². The van der Waals surface area contributed by atoms with Crippen LogP contribution in [-0.2, 0) is 4.79 Å². The van der Waals surface area contributed by atoms with E-state index in [1.165, 1.54) is 0 Å². The van der Waals surface area contributed by atoms with Gasteiger partial charge in [-0.25, -0.2) is 4.98 Å². The summed E-state index contributed by atoms with van der Waals surface area (Å²) in [6.45, 7) is 4.36. The summed E-state index contributed by atoms with van der Waals surface area (Å²) in [7, 11) is 0. The standard InChI is InChI=1S/C15H19N3O2/c1-10(2)18-14(20)6-8-17-15-13-9-12(19)4-3-11(13)5-7-16-15/h3-5,7,9-10,19H,6,8H2,1-2H3,(H,16,17)(H,18,20). The lowest BCUT2D eigenvalue weighted by atomic mass is 10.1. The first-order valence-corrected chi connectivity index (χ1v) is 6.67. The van der Waals surface area contributed by atoms with Crippen molar-refractivity contribution < 1.29 is 9.90 Å². The molecule has 0 fully saturated rings. The highest BCUT2D eigenvalue weighted by atomic mass is 16.3. The maximum Gasteiger partial charge on any atom is 0.221 e. The summed E-state index contributed by atoms with van der Waals surface area (Å²) in [6, 6.07) is 7.17. The molecule has 106 valence electrons. The SMILES string of the molecule is CC(C)NC(=O)CCNc1nccc2ccc(O)cc12. The van der Waals surface area contributed by atoms with E-state index in [1.807, 2.05) is 26.0 Å². The van der Waals surface area contributed by atoms with E-state index in [0.717, 1.165) is 10.8 Å². The van der Waals surface area contributed by atoms with Gasteiger partial charge in [-0.1, -0.05) is 6.07 Å². The van der Waals surface area contributed by atoms with Crippen molar-refractivity contribution in [3.8, 4) is 5.75 Å². The molecule has 1 heterocycles. The molecule has 0 aliphatic carbocycles. The third-order valence-electron chi connectivity index (χ3n) is 2.84. The Labute approximate surface area is 118 Å². The van der Waals surface area contributed by atoms with Crippen LogP contribution in [0.2, 0.25) is 0 Å². The van der Waals surface area contributed by atoms with Gasteiger partial charge in [-0.15, -0.1) is 0 Å². The highest BCUT2D eigenvalue weighted by molar-refractivity contribution is 5.92. The molecule has 3 N–H and O–H groups in total. The molecule has 0 atom stereocenters. The van der Waals surface area contributed by atoms with Crippen LogP contribution in [0.1, 0.15) is 20.3 Å². The van der Waals surface area contributed by atoms with Crippen LogP contribution in [-0.4, -0.2) is 28.6 Å². The fourth-order valence-electron chi connectivity index (χ4n) is 1.99. The van der Waals surface area contributed by atoms with Gasteiger partial charge < -0.3 is 15.7 Å². The fraction of sp³-hybridized carbons (Fsp3) is 0.333. The van der Waals surface area contributed by atoms with E-state index >= 15 is 0 Å². The Bertz CT molecular complexity index is 611. The third kappa shape index (κ3) is 3.60. The zero-order chi connectivity index (χ0) is 14.5. The van der Waals surface area contributed by atoms with Crippen molar-refractivity contribution in [1.29, 1.82) is 0 Å². The molecule has 5 heteroatoms. The van der Waals surface area contributed by atoms with E-state index in [4.69, 9.17) is 0 Å². The van der Waals surface area contributed by atoms with Crippen LogP contribution in [0.3, 0.4) is 0 Å². The molecule has 5 nitrogen and oxygen atoms in total. The van der Waals surface area contributed by atoms with Crippen molar-refractivity contribution in [1.82, 2.24) is 10.3 Å². The number of rotatable bonds is 5. The molecule has 0 saturated carbocycles. The summed E-state index contributed by atoms with van der Waals surface area (Å²) in [6.07, 6.45) is 2.09. The first-order chi connectivity index (χ1) is 9.56. The number of hydrogen-bond donors (Lipinski definition) is 3. The molecule has 20 heavy (non-hydrogen) atoms. The fourth-order valence-corrected chi connectivity index (χ4v) is 1.99. The number of nitrogens with zero attached hydrogens (tertiary/aromatic N) is 1. The Morgan fingerprint density at radius 3 is 2.90 bits per heavy atom. The van der Waals surface area contributed by atoms with Gasteiger partial charge in [-0.3, -0.25) is 4.79 Å². The van der Waals surface area contributed by atoms with Crippen molar-refractivity contribution in [2.24, 2.45) is 0 Å². The summed E-state index contributed by atoms with van der Waals surface area (Å²) >= 11 is 0. The predicted octanol–water partition coefficient (Wildman–Crippen LogP) is 2.27. The monoisotopic (exact) mass is 273 g/mol. The molecule has 0 spiro atoms. The summed E-state index contributed by atoms with van der Waals surface area (Å²) < 4.78 is 0. The number of carbonyl (C=O) groups is 1. The van der Waals surface area contributed by atoms with Crippen molar-refractivity contribution in [3.05, 3.63) is 30.5 Å². The van der Waals surface area contributed by atoms with Gasteiger partial charge in [0.15, 0.2) is 0 Å². The molecule has 0 aliphatic heterocycles. The van der Waals surface area contributed by atoms with Crippen molar-refractivity contribution >= 4 is 22.5 Å². The molecule has 2 rings (SSSR count). The third-order valence-corrected chi connectivity index (χ3v) is 2.84. The van der Waals surface area contributed by atoms with Gasteiger partial charge in [-0.2, -0.15) is 0 Å². The van der Waals surface area contributed by atoms with E-state index in [9.17, 15) is 9.90 Å². The number of amides is 1.